The summed E-state index contributed by atoms with van der Waals surface area (Å²) in [6.07, 6.45) is 0. The number of nitrogens with one attached hydrogen (secondary N) is 1. The second kappa shape index (κ2) is 7.21. The molecule has 1 saturated heterocycles. The number of ether oxygens (including phenoxy) is 2. The van der Waals surface area contributed by atoms with E-state index in [2.05, 4.69) is 27.3 Å². The van der Waals surface area contributed by atoms with Crippen molar-refractivity contribution < 1.29 is 9.47 Å². The van der Waals surface area contributed by atoms with Crippen molar-refractivity contribution in [2.45, 2.75) is 13.0 Å². The summed E-state index contributed by atoms with van der Waals surface area (Å²) >= 11 is 3.49. The summed E-state index contributed by atoms with van der Waals surface area (Å²) in [6.45, 7) is 5.06. The Morgan fingerprint density at radius 3 is 3.00 bits per heavy atom. The van der Waals surface area contributed by atoms with E-state index < -0.39 is 0 Å². The van der Waals surface area contributed by atoms with Crippen LogP contribution >= 0.6 is 28.3 Å². The first-order valence-corrected chi connectivity index (χ1v) is 6.34. The molecule has 1 N–H and O–H groups in total. The van der Waals surface area contributed by atoms with Crippen LogP contribution in [0.3, 0.4) is 0 Å². The molecule has 0 bridgehead atoms. The van der Waals surface area contributed by atoms with Crippen LogP contribution in [-0.4, -0.2) is 26.4 Å². The predicted molar refractivity (Wildman–Crippen MR) is 74.1 cm³/mol. The van der Waals surface area contributed by atoms with Gasteiger partial charge < -0.3 is 14.8 Å². The molecule has 1 aromatic carbocycles. The lowest BCUT2D eigenvalue weighted by Crippen LogP contribution is -2.34. The molecule has 2 rings (SSSR count). The highest BCUT2D eigenvalue weighted by molar-refractivity contribution is 9.10. The highest BCUT2D eigenvalue weighted by Crippen LogP contribution is 2.29. The van der Waals surface area contributed by atoms with Crippen LogP contribution in [0.1, 0.15) is 18.5 Å². The van der Waals surface area contributed by atoms with E-state index in [0.29, 0.717) is 13.2 Å². The molecule has 3 nitrogen and oxygen atoms in total. The van der Waals surface area contributed by atoms with Crippen molar-refractivity contribution in [3.05, 3.63) is 28.2 Å². The second-order valence-electron chi connectivity index (χ2n) is 3.70. The topological polar surface area (TPSA) is 30.5 Å². The van der Waals surface area contributed by atoms with Crippen molar-refractivity contribution in [1.82, 2.24) is 5.32 Å². The third-order valence-electron chi connectivity index (χ3n) is 2.57. The fraction of sp³-hybridized carbons (Fsp3) is 0.500. The maximum absolute atomic E-state index is 5.63. The lowest BCUT2D eigenvalue weighted by Gasteiger charge is -2.26. The Morgan fingerprint density at radius 2 is 2.35 bits per heavy atom. The molecule has 0 unspecified atom stereocenters. The van der Waals surface area contributed by atoms with Gasteiger partial charge in [0.05, 0.1) is 25.9 Å². The molecule has 1 aliphatic heterocycles. The highest BCUT2D eigenvalue weighted by atomic mass is 79.9. The Hall–Kier alpha value is -0.290. The van der Waals surface area contributed by atoms with Crippen molar-refractivity contribution in [2.24, 2.45) is 0 Å². The van der Waals surface area contributed by atoms with Gasteiger partial charge in [0.25, 0.3) is 0 Å². The largest absolute Gasteiger partial charge is 0.494 e. The molecule has 0 amide bonds. The second-order valence-corrected chi connectivity index (χ2v) is 4.61. The standard InChI is InChI=1S/C12H16BrNO2.ClH/c1-2-16-12-4-3-9(13)7-10(12)11-8-15-6-5-14-11;/h3-4,7,11,14H,2,5-6,8H2,1H3;1H/t11-;/m0./s1. The Bertz CT molecular complexity index is 356. The maximum atomic E-state index is 5.63. The molecule has 0 aliphatic carbocycles. The van der Waals surface area contributed by atoms with E-state index in [4.69, 9.17) is 9.47 Å². The van der Waals surface area contributed by atoms with Gasteiger partial charge in [0.15, 0.2) is 0 Å². The maximum Gasteiger partial charge on any atom is 0.124 e. The van der Waals surface area contributed by atoms with Crippen LogP contribution in [0.4, 0.5) is 0 Å². The van der Waals surface area contributed by atoms with E-state index in [-0.39, 0.29) is 18.4 Å². The average Bonchev–Trinajstić information content (AvgIpc) is 2.33. The Kier molecular flexibility index (Phi) is 6.27. The third-order valence-corrected chi connectivity index (χ3v) is 3.06. The normalized spacial score (nSPS) is 19.5. The molecule has 1 fully saturated rings. The van der Waals surface area contributed by atoms with Gasteiger partial charge in [-0.2, -0.15) is 0 Å². The van der Waals surface area contributed by atoms with Gasteiger partial charge in [0.2, 0.25) is 0 Å². The number of benzene rings is 1. The number of hydrogen-bond acceptors (Lipinski definition) is 3. The Morgan fingerprint density at radius 1 is 1.53 bits per heavy atom. The molecule has 0 radical (unpaired) electrons. The summed E-state index contributed by atoms with van der Waals surface area (Å²) in [4.78, 5) is 0. The van der Waals surface area contributed by atoms with Crippen LogP contribution in [0.25, 0.3) is 0 Å². The smallest absolute Gasteiger partial charge is 0.124 e. The van der Waals surface area contributed by atoms with Crippen LogP contribution in [-0.2, 0) is 4.74 Å². The molecule has 17 heavy (non-hydrogen) atoms. The van der Waals surface area contributed by atoms with E-state index in [1.807, 2.05) is 19.1 Å². The lowest BCUT2D eigenvalue weighted by atomic mass is 10.1. The zero-order valence-electron chi connectivity index (χ0n) is 9.74. The fourth-order valence-electron chi connectivity index (χ4n) is 1.84. The molecule has 1 heterocycles. The summed E-state index contributed by atoms with van der Waals surface area (Å²) in [6, 6.07) is 6.32. The first kappa shape index (κ1) is 14.8. The molecule has 0 aromatic heterocycles. The van der Waals surface area contributed by atoms with Crippen molar-refractivity contribution in [2.75, 3.05) is 26.4 Å². The molecular formula is C12H17BrClNO2. The minimum absolute atomic E-state index is 0. The van der Waals surface area contributed by atoms with Crippen molar-refractivity contribution in [3.8, 4) is 5.75 Å². The van der Waals surface area contributed by atoms with Gasteiger partial charge in [-0.15, -0.1) is 12.4 Å². The van der Waals surface area contributed by atoms with Crippen LogP contribution in [0.15, 0.2) is 22.7 Å². The molecule has 1 aromatic rings. The lowest BCUT2D eigenvalue weighted by molar-refractivity contribution is 0.0758. The molecule has 1 aliphatic rings. The van der Waals surface area contributed by atoms with E-state index in [1.54, 1.807) is 0 Å². The number of rotatable bonds is 3. The zero-order chi connectivity index (χ0) is 11.4. The van der Waals surface area contributed by atoms with Crippen LogP contribution in [0.5, 0.6) is 5.75 Å². The van der Waals surface area contributed by atoms with Crippen LogP contribution < -0.4 is 10.1 Å². The summed E-state index contributed by atoms with van der Waals surface area (Å²) < 4.78 is 12.2. The first-order chi connectivity index (χ1) is 7.81. The fourth-order valence-corrected chi connectivity index (χ4v) is 2.22. The summed E-state index contributed by atoms with van der Waals surface area (Å²) in [7, 11) is 0. The van der Waals surface area contributed by atoms with Gasteiger partial charge in [0.1, 0.15) is 5.75 Å². The zero-order valence-corrected chi connectivity index (χ0v) is 12.1. The Balaban J connectivity index is 0.00000144. The van der Waals surface area contributed by atoms with Crippen molar-refractivity contribution in [1.29, 1.82) is 0 Å². The van der Waals surface area contributed by atoms with Gasteiger partial charge >= 0.3 is 0 Å². The van der Waals surface area contributed by atoms with E-state index in [9.17, 15) is 0 Å². The van der Waals surface area contributed by atoms with E-state index in [0.717, 1.165) is 28.9 Å². The number of hydrogen-bond donors (Lipinski definition) is 1. The van der Waals surface area contributed by atoms with Gasteiger partial charge in [-0.05, 0) is 25.1 Å². The molecule has 0 spiro atoms. The predicted octanol–water partition coefficient (Wildman–Crippen LogP) is 2.93. The van der Waals surface area contributed by atoms with E-state index in [1.165, 1.54) is 0 Å². The monoisotopic (exact) mass is 321 g/mol. The van der Waals surface area contributed by atoms with Crippen molar-refractivity contribution >= 4 is 28.3 Å². The minimum Gasteiger partial charge on any atom is -0.494 e. The minimum atomic E-state index is 0. The number of halogens is 2. The molecular weight excluding hydrogens is 305 g/mol. The summed E-state index contributed by atoms with van der Waals surface area (Å²) in [5.74, 6) is 0.939. The average molecular weight is 323 g/mol. The summed E-state index contributed by atoms with van der Waals surface area (Å²) in [5.41, 5.74) is 1.16. The molecule has 96 valence electrons. The number of morpholine rings is 1. The SMILES string of the molecule is CCOc1ccc(Br)cc1[C@@H]1COCCN1.Cl. The van der Waals surface area contributed by atoms with Crippen LogP contribution in [0, 0.1) is 0 Å². The first-order valence-electron chi connectivity index (χ1n) is 5.54. The molecule has 5 heteroatoms. The van der Waals surface area contributed by atoms with Crippen LogP contribution in [0.2, 0.25) is 0 Å². The highest BCUT2D eigenvalue weighted by Gasteiger charge is 2.19. The van der Waals surface area contributed by atoms with Crippen molar-refractivity contribution in [3.63, 3.8) is 0 Å². The van der Waals surface area contributed by atoms with Gasteiger partial charge in [0, 0.05) is 16.6 Å². The van der Waals surface area contributed by atoms with Gasteiger partial charge in [-0.25, -0.2) is 0 Å². The van der Waals surface area contributed by atoms with Gasteiger partial charge in [-0.3, -0.25) is 0 Å². The van der Waals surface area contributed by atoms with E-state index >= 15 is 0 Å². The molecule has 0 saturated carbocycles. The quantitative estimate of drug-likeness (QED) is 0.928. The third kappa shape index (κ3) is 3.85. The van der Waals surface area contributed by atoms with Gasteiger partial charge in [-0.1, -0.05) is 15.9 Å². The molecule has 1 atom stereocenters. The Labute approximate surface area is 116 Å². The summed E-state index contributed by atoms with van der Waals surface area (Å²) in [5, 5.41) is 3.44.